The van der Waals surface area contributed by atoms with Crippen molar-refractivity contribution in [1.82, 2.24) is 0 Å². The van der Waals surface area contributed by atoms with Crippen molar-refractivity contribution in [2.45, 2.75) is 13.8 Å². The Morgan fingerprint density at radius 1 is 0.818 bits per heavy atom. The molecular weight excluding hydrogens is 221 g/mol. The molecule has 11 heavy (non-hydrogen) atoms. The molecule has 0 aromatic heterocycles. The van der Waals surface area contributed by atoms with Gasteiger partial charge in [0.2, 0.25) is 0 Å². The molecule has 0 unspecified atom stereocenters. The molecule has 0 aliphatic carbocycles. The molecule has 0 aromatic rings. The van der Waals surface area contributed by atoms with Gasteiger partial charge in [-0.2, -0.15) is 0 Å². The zero-order valence-corrected chi connectivity index (χ0v) is 8.09. The van der Waals surface area contributed by atoms with Crippen LogP contribution in [-0.4, -0.2) is 0 Å². The van der Waals surface area contributed by atoms with Gasteiger partial charge in [-0.1, -0.05) is 0 Å². The van der Waals surface area contributed by atoms with Gasteiger partial charge in [0, 0.05) is 0 Å². The average molecular weight is 227 g/mol. The Morgan fingerprint density at radius 3 is 1.09 bits per heavy atom. The van der Waals surface area contributed by atoms with Gasteiger partial charge < -0.3 is 12.8 Å². The molecule has 0 saturated heterocycles. The van der Waals surface area contributed by atoms with Crippen molar-refractivity contribution in [3.05, 3.63) is 12.8 Å². The summed E-state index contributed by atoms with van der Waals surface area (Å²) >= 11 is 0. The summed E-state index contributed by atoms with van der Waals surface area (Å²) in [5, 5.41) is 0. The first-order valence-corrected chi connectivity index (χ1v) is 2.50. The van der Waals surface area contributed by atoms with Crippen LogP contribution in [0.1, 0.15) is 13.8 Å². The Hall–Kier alpha value is -1.14. The number of hydrogen-bond donors (Lipinski definition) is 0. The van der Waals surface area contributed by atoms with Gasteiger partial charge in [-0.25, -0.2) is 11.8 Å². The quantitative estimate of drug-likeness (QED) is 0.331. The second kappa shape index (κ2) is 23.2. The SMILES string of the molecule is [C-]#CC#CC.[C-]#CC#CC.[Ru+2]. The molecule has 0 fully saturated rings. The standard InChI is InChI=1S/2C5H3.Ru/c2*1-3-5-4-2;/h2*1H3;/q2*-1;+2. The van der Waals surface area contributed by atoms with Gasteiger partial charge in [0.05, 0.1) is 0 Å². The Bertz CT molecular complexity index is 222. The summed E-state index contributed by atoms with van der Waals surface area (Å²) in [5.74, 6) is 13.3. The fraction of sp³-hybridized carbons (Fsp3) is 0.200. The number of rotatable bonds is 0. The van der Waals surface area contributed by atoms with Gasteiger partial charge in [0.25, 0.3) is 0 Å². The normalized spacial score (nSPS) is 2.91. The maximum Gasteiger partial charge on any atom is 2.00 e. The molecule has 54 valence electrons. The van der Waals surface area contributed by atoms with Crippen LogP contribution in [0.25, 0.3) is 0 Å². The molecule has 0 aliphatic heterocycles. The number of hydrogen-bond acceptors (Lipinski definition) is 0. The molecule has 0 saturated carbocycles. The van der Waals surface area contributed by atoms with Gasteiger partial charge >= 0.3 is 19.5 Å². The van der Waals surface area contributed by atoms with Crippen LogP contribution in [0.15, 0.2) is 0 Å². The van der Waals surface area contributed by atoms with E-state index in [1.807, 2.05) is 11.8 Å². The Morgan fingerprint density at radius 2 is 1.09 bits per heavy atom. The van der Waals surface area contributed by atoms with Crippen LogP contribution in [-0.2, 0) is 19.5 Å². The van der Waals surface area contributed by atoms with E-state index < -0.39 is 0 Å². The summed E-state index contributed by atoms with van der Waals surface area (Å²) in [4.78, 5) is 0. The second-order valence-corrected chi connectivity index (χ2v) is 1.00. The molecule has 0 aromatic carbocycles. The van der Waals surface area contributed by atoms with Crippen LogP contribution < -0.4 is 0 Å². The summed E-state index contributed by atoms with van der Waals surface area (Å²) in [6.45, 7) is 3.34. The Labute approximate surface area is 81.9 Å². The van der Waals surface area contributed by atoms with Gasteiger partial charge in [-0.3, -0.25) is 23.7 Å². The molecule has 0 bridgehead atoms. The first-order chi connectivity index (χ1) is 4.83. The van der Waals surface area contributed by atoms with E-state index in [1.165, 1.54) is 0 Å². The van der Waals surface area contributed by atoms with Crippen molar-refractivity contribution in [2.24, 2.45) is 0 Å². The molecule has 0 radical (unpaired) electrons. The van der Waals surface area contributed by atoms with Crippen LogP contribution >= 0.6 is 0 Å². The van der Waals surface area contributed by atoms with Gasteiger partial charge in [0.1, 0.15) is 0 Å². The van der Waals surface area contributed by atoms with E-state index in [-0.39, 0.29) is 19.5 Å². The van der Waals surface area contributed by atoms with E-state index in [9.17, 15) is 0 Å². The van der Waals surface area contributed by atoms with E-state index in [0.717, 1.165) is 0 Å². The summed E-state index contributed by atoms with van der Waals surface area (Å²) < 4.78 is 0. The fourth-order valence-electron chi connectivity index (χ4n) is 0.125. The molecule has 0 atom stereocenters. The van der Waals surface area contributed by atoms with Gasteiger partial charge in [-0.15, -0.1) is 0 Å². The summed E-state index contributed by atoms with van der Waals surface area (Å²) in [6.07, 6.45) is 12.4. The summed E-state index contributed by atoms with van der Waals surface area (Å²) in [6, 6.07) is 0. The van der Waals surface area contributed by atoms with E-state index in [0.29, 0.717) is 0 Å². The molecule has 0 spiro atoms. The van der Waals surface area contributed by atoms with Crippen molar-refractivity contribution in [3.63, 3.8) is 0 Å². The van der Waals surface area contributed by atoms with E-state index in [4.69, 9.17) is 12.8 Å². The van der Waals surface area contributed by atoms with Gasteiger partial charge in [-0.05, 0) is 13.8 Å². The average Bonchev–Trinajstić information content (AvgIpc) is 1.93. The predicted molar refractivity (Wildman–Crippen MR) is 41.2 cm³/mol. The van der Waals surface area contributed by atoms with E-state index in [2.05, 4.69) is 23.7 Å². The van der Waals surface area contributed by atoms with Crippen molar-refractivity contribution in [1.29, 1.82) is 0 Å². The molecule has 0 heterocycles. The van der Waals surface area contributed by atoms with Crippen LogP contribution in [0.2, 0.25) is 0 Å². The smallest absolute Gasteiger partial charge is 0.358 e. The third kappa shape index (κ3) is 50.9. The Kier molecular flexibility index (Phi) is 34.6. The maximum absolute atomic E-state index is 6.18. The molecule has 0 nitrogen and oxygen atoms in total. The fourth-order valence-corrected chi connectivity index (χ4v) is 0.125. The van der Waals surface area contributed by atoms with Crippen LogP contribution in [0.3, 0.4) is 0 Å². The Balaban J connectivity index is -0.000000107. The van der Waals surface area contributed by atoms with Crippen molar-refractivity contribution >= 4 is 0 Å². The zero-order valence-electron chi connectivity index (χ0n) is 6.35. The van der Waals surface area contributed by atoms with Crippen LogP contribution in [0, 0.1) is 48.4 Å². The minimum atomic E-state index is 0. The largest absolute Gasteiger partial charge is 2.00 e. The monoisotopic (exact) mass is 228 g/mol. The van der Waals surface area contributed by atoms with E-state index >= 15 is 0 Å². The third-order valence-electron chi connectivity index (χ3n) is 0.375. The van der Waals surface area contributed by atoms with Crippen LogP contribution in [0.4, 0.5) is 0 Å². The van der Waals surface area contributed by atoms with Crippen molar-refractivity contribution in [3.8, 4) is 35.5 Å². The summed E-state index contributed by atoms with van der Waals surface area (Å²) in [7, 11) is 0. The maximum atomic E-state index is 6.18. The minimum absolute atomic E-state index is 0. The zero-order chi connectivity index (χ0) is 8.24. The van der Waals surface area contributed by atoms with Crippen molar-refractivity contribution < 1.29 is 19.5 Å². The van der Waals surface area contributed by atoms with Crippen LogP contribution in [0.5, 0.6) is 0 Å². The third-order valence-corrected chi connectivity index (χ3v) is 0.375. The molecule has 0 N–H and O–H groups in total. The topological polar surface area (TPSA) is 0 Å². The first-order valence-electron chi connectivity index (χ1n) is 2.50. The second-order valence-electron chi connectivity index (χ2n) is 1.00. The predicted octanol–water partition coefficient (Wildman–Crippen LogP) is 1.20. The molecule has 1 heteroatoms. The van der Waals surface area contributed by atoms with Crippen molar-refractivity contribution in [2.75, 3.05) is 0 Å². The van der Waals surface area contributed by atoms with E-state index in [1.54, 1.807) is 13.8 Å². The molecular formula is C10H6Ru. The first kappa shape index (κ1) is 16.4. The minimum Gasteiger partial charge on any atom is -0.358 e. The molecule has 0 rings (SSSR count). The molecule has 0 aliphatic rings. The summed E-state index contributed by atoms with van der Waals surface area (Å²) in [5.41, 5.74) is 0. The molecule has 0 amide bonds. The van der Waals surface area contributed by atoms with Gasteiger partial charge in [0.15, 0.2) is 0 Å².